The van der Waals surface area contributed by atoms with E-state index < -0.39 is 0 Å². The molecule has 0 aliphatic carbocycles. The van der Waals surface area contributed by atoms with Crippen LogP contribution >= 0.6 is 0 Å². The van der Waals surface area contributed by atoms with E-state index in [1.54, 1.807) is 38.5 Å². The highest BCUT2D eigenvalue weighted by Gasteiger charge is 2.17. The molecule has 0 saturated heterocycles. The van der Waals surface area contributed by atoms with Gasteiger partial charge in [-0.05, 0) is 47.5 Å². The number of carbonyl (C=O) groups excluding carboxylic acids is 2. The fourth-order valence-corrected chi connectivity index (χ4v) is 4.28. The fourth-order valence-electron chi connectivity index (χ4n) is 4.28. The number of methoxy groups -OCH3 is 2. The molecular weight excluding hydrogens is 544 g/mol. The zero-order valence-corrected chi connectivity index (χ0v) is 26.9. The van der Waals surface area contributed by atoms with Gasteiger partial charge in [-0.2, -0.15) is 0 Å². The molecule has 43 heavy (non-hydrogen) atoms. The van der Waals surface area contributed by atoms with E-state index in [-0.39, 0.29) is 11.8 Å². The maximum Gasteiger partial charge on any atom is 0.244 e. The van der Waals surface area contributed by atoms with E-state index in [0.29, 0.717) is 26.3 Å². The number of likely N-dealkylation sites (N-methyl/N-ethyl adjacent to an activating group) is 2. The summed E-state index contributed by atoms with van der Waals surface area (Å²) in [5, 5.41) is 5.92. The minimum Gasteiger partial charge on any atom is -0.497 e. The van der Waals surface area contributed by atoms with Crippen molar-refractivity contribution in [3.05, 3.63) is 71.8 Å². The fraction of sp³-hybridized carbons (Fsp3) is 0.471. The molecule has 236 valence electrons. The highest BCUT2D eigenvalue weighted by molar-refractivity contribution is 5.92. The molecule has 0 fully saturated rings. The molecule has 0 heterocycles. The third-order valence-electron chi connectivity index (χ3n) is 7.25. The highest BCUT2D eigenvalue weighted by atomic mass is 16.5. The van der Waals surface area contributed by atoms with Crippen LogP contribution in [-0.2, 0) is 14.3 Å². The van der Waals surface area contributed by atoms with Gasteiger partial charge in [0.05, 0.1) is 68.7 Å². The Labute approximate surface area is 258 Å². The van der Waals surface area contributed by atoms with Crippen LogP contribution in [-0.4, -0.2) is 116 Å². The Bertz CT molecular complexity index is 1070. The SMILES string of the molecule is COc1ccc(/C=C/C(=O)NCCC[N+](C)(C)CCOCC[N+](C)(C)CCCNC(=O)/C=C/c2ccc(OC)cc2)cc1. The summed E-state index contributed by atoms with van der Waals surface area (Å²) in [6.07, 6.45) is 8.52. The van der Waals surface area contributed by atoms with Crippen LogP contribution in [0.1, 0.15) is 24.0 Å². The molecule has 0 bridgehead atoms. The first kappa shape index (κ1) is 35.5. The Morgan fingerprint density at radius 1 is 0.628 bits per heavy atom. The first-order valence-electron chi connectivity index (χ1n) is 14.9. The first-order valence-corrected chi connectivity index (χ1v) is 14.9. The van der Waals surface area contributed by atoms with Crippen LogP contribution in [0, 0.1) is 0 Å². The third kappa shape index (κ3) is 16.0. The molecule has 2 N–H and O–H groups in total. The van der Waals surface area contributed by atoms with Gasteiger partial charge in [0.1, 0.15) is 24.6 Å². The van der Waals surface area contributed by atoms with Crippen molar-refractivity contribution in [2.45, 2.75) is 12.8 Å². The predicted molar refractivity (Wildman–Crippen MR) is 174 cm³/mol. The summed E-state index contributed by atoms with van der Waals surface area (Å²) in [6.45, 7) is 6.40. The van der Waals surface area contributed by atoms with E-state index in [1.807, 2.05) is 48.5 Å². The Morgan fingerprint density at radius 3 is 1.35 bits per heavy atom. The Kier molecular flexibility index (Phi) is 15.5. The van der Waals surface area contributed by atoms with Gasteiger partial charge in [0.25, 0.3) is 0 Å². The molecule has 0 aromatic heterocycles. The van der Waals surface area contributed by atoms with E-state index in [0.717, 1.165) is 70.6 Å². The van der Waals surface area contributed by atoms with Crippen molar-refractivity contribution in [1.82, 2.24) is 10.6 Å². The van der Waals surface area contributed by atoms with Crippen LogP contribution in [0.4, 0.5) is 0 Å². The molecule has 0 unspecified atom stereocenters. The van der Waals surface area contributed by atoms with Crippen molar-refractivity contribution in [3.63, 3.8) is 0 Å². The molecule has 0 radical (unpaired) electrons. The largest absolute Gasteiger partial charge is 0.497 e. The zero-order valence-electron chi connectivity index (χ0n) is 26.9. The average molecular weight is 597 g/mol. The molecule has 2 aromatic carbocycles. The van der Waals surface area contributed by atoms with Gasteiger partial charge in [-0.15, -0.1) is 0 Å². The molecule has 0 aliphatic heterocycles. The lowest BCUT2D eigenvalue weighted by atomic mass is 10.2. The predicted octanol–water partition coefficient (Wildman–Crippen LogP) is 3.61. The summed E-state index contributed by atoms with van der Waals surface area (Å²) in [5.41, 5.74) is 1.91. The maximum absolute atomic E-state index is 12.1. The second kappa shape index (κ2) is 18.8. The normalized spacial score (nSPS) is 12.0. The average Bonchev–Trinajstić information content (AvgIpc) is 2.99. The van der Waals surface area contributed by atoms with Gasteiger partial charge in [0.15, 0.2) is 0 Å². The Morgan fingerprint density at radius 2 is 1.00 bits per heavy atom. The summed E-state index contributed by atoms with van der Waals surface area (Å²) in [6, 6.07) is 15.1. The number of benzene rings is 2. The van der Waals surface area contributed by atoms with Gasteiger partial charge in [0.2, 0.25) is 11.8 Å². The summed E-state index contributed by atoms with van der Waals surface area (Å²) in [4.78, 5) is 24.2. The molecule has 9 heteroatoms. The Balaban J connectivity index is 1.51. The van der Waals surface area contributed by atoms with Gasteiger partial charge >= 0.3 is 0 Å². The molecular formula is C34H52N4O5+2. The summed E-state index contributed by atoms with van der Waals surface area (Å²) in [7, 11) is 12.0. The van der Waals surface area contributed by atoms with Crippen LogP contribution in [0.3, 0.4) is 0 Å². The highest BCUT2D eigenvalue weighted by Crippen LogP contribution is 2.13. The number of hydrogen-bond acceptors (Lipinski definition) is 5. The van der Waals surface area contributed by atoms with Crippen molar-refractivity contribution in [2.75, 3.05) is 94.9 Å². The molecule has 0 atom stereocenters. The topological polar surface area (TPSA) is 85.9 Å². The zero-order chi connectivity index (χ0) is 31.6. The van der Waals surface area contributed by atoms with Gasteiger partial charge in [-0.25, -0.2) is 0 Å². The lowest BCUT2D eigenvalue weighted by molar-refractivity contribution is -0.894. The third-order valence-corrected chi connectivity index (χ3v) is 7.25. The van der Waals surface area contributed by atoms with Gasteiger partial charge in [-0.1, -0.05) is 24.3 Å². The van der Waals surface area contributed by atoms with E-state index in [2.05, 4.69) is 38.8 Å². The molecule has 0 saturated carbocycles. The number of ether oxygens (including phenoxy) is 3. The standard InChI is InChI=1S/C34H50N4O5/c1-37(2,23-7-21-35-33(39)19-13-29-9-15-31(41-5)16-10-29)25-27-43-28-26-38(3,4)24-8-22-36-34(40)20-14-30-11-17-32(42-6)18-12-30/h9-20H,7-8,21-28H2,1-6H3/p+2/b19-13+,20-14+. The lowest BCUT2D eigenvalue weighted by Gasteiger charge is -2.31. The van der Waals surface area contributed by atoms with E-state index in [1.165, 1.54) is 0 Å². The van der Waals surface area contributed by atoms with Crippen LogP contribution in [0.5, 0.6) is 11.5 Å². The molecule has 0 spiro atoms. The maximum atomic E-state index is 12.1. The van der Waals surface area contributed by atoms with E-state index in [9.17, 15) is 9.59 Å². The number of quaternary nitrogens is 2. The summed E-state index contributed by atoms with van der Waals surface area (Å²) >= 11 is 0. The molecule has 2 rings (SSSR count). The number of nitrogens with zero attached hydrogens (tertiary/aromatic N) is 2. The van der Waals surface area contributed by atoms with Crippen molar-refractivity contribution < 1.29 is 32.8 Å². The number of nitrogens with one attached hydrogen (secondary N) is 2. The number of rotatable bonds is 20. The minimum atomic E-state index is -0.0888. The van der Waals surface area contributed by atoms with Crippen molar-refractivity contribution >= 4 is 24.0 Å². The van der Waals surface area contributed by atoms with E-state index >= 15 is 0 Å². The summed E-state index contributed by atoms with van der Waals surface area (Å²) < 4.78 is 17.9. The lowest BCUT2D eigenvalue weighted by Crippen LogP contribution is -2.46. The smallest absolute Gasteiger partial charge is 0.244 e. The van der Waals surface area contributed by atoms with Crippen LogP contribution in [0.2, 0.25) is 0 Å². The van der Waals surface area contributed by atoms with Crippen molar-refractivity contribution in [3.8, 4) is 11.5 Å². The van der Waals surface area contributed by atoms with Crippen LogP contribution < -0.4 is 20.1 Å². The van der Waals surface area contributed by atoms with Crippen molar-refractivity contribution in [1.29, 1.82) is 0 Å². The number of amides is 2. The monoisotopic (exact) mass is 596 g/mol. The van der Waals surface area contributed by atoms with Gasteiger partial charge in [-0.3, -0.25) is 9.59 Å². The quantitative estimate of drug-likeness (QED) is 0.139. The number of carbonyl (C=O) groups is 2. The van der Waals surface area contributed by atoms with Crippen LogP contribution in [0.15, 0.2) is 60.7 Å². The van der Waals surface area contributed by atoms with Gasteiger partial charge < -0.3 is 33.8 Å². The van der Waals surface area contributed by atoms with Crippen LogP contribution in [0.25, 0.3) is 12.2 Å². The molecule has 2 amide bonds. The first-order chi connectivity index (χ1) is 20.5. The second-order valence-electron chi connectivity index (χ2n) is 11.9. The van der Waals surface area contributed by atoms with Gasteiger partial charge in [0, 0.05) is 38.1 Å². The van der Waals surface area contributed by atoms with Crippen molar-refractivity contribution in [2.24, 2.45) is 0 Å². The number of hydrogen-bond donors (Lipinski definition) is 2. The molecule has 0 aliphatic rings. The molecule has 2 aromatic rings. The molecule has 9 nitrogen and oxygen atoms in total. The Hall–Kier alpha value is -3.66. The minimum absolute atomic E-state index is 0.0888. The van der Waals surface area contributed by atoms with E-state index in [4.69, 9.17) is 14.2 Å². The summed E-state index contributed by atoms with van der Waals surface area (Å²) in [5.74, 6) is 1.41. The second-order valence-corrected chi connectivity index (χ2v) is 11.9.